The summed E-state index contributed by atoms with van der Waals surface area (Å²) >= 11 is 5.68. The number of aromatic hydroxyl groups is 1. The minimum atomic E-state index is 0.134. The molecular formula is C11H12ClNO. The fourth-order valence-electron chi connectivity index (χ4n) is 0.956. The molecule has 2 N–H and O–H groups in total. The maximum Gasteiger partial charge on any atom is 0.132 e. The molecule has 3 heteroatoms. The van der Waals surface area contributed by atoms with Crippen molar-refractivity contribution in [2.24, 2.45) is 0 Å². The first-order chi connectivity index (χ1) is 6.74. The third-order valence-electron chi connectivity index (χ3n) is 1.68. The SMILES string of the molecule is CNCCC#Cc1ccc(Cl)cc1O. The highest BCUT2D eigenvalue weighted by atomic mass is 35.5. The Morgan fingerprint density at radius 2 is 2.29 bits per heavy atom. The molecule has 0 bridgehead atoms. The van der Waals surface area contributed by atoms with E-state index >= 15 is 0 Å². The predicted octanol–water partition coefficient (Wildman–Crippen LogP) is 2.01. The van der Waals surface area contributed by atoms with Crippen LogP contribution in [0, 0.1) is 11.8 Å². The van der Waals surface area contributed by atoms with E-state index in [9.17, 15) is 5.11 Å². The Morgan fingerprint density at radius 3 is 2.93 bits per heavy atom. The molecule has 0 radical (unpaired) electrons. The Labute approximate surface area is 88.9 Å². The second-order valence-corrected chi connectivity index (χ2v) is 3.25. The highest BCUT2D eigenvalue weighted by molar-refractivity contribution is 6.30. The summed E-state index contributed by atoms with van der Waals surface area (Å²) < 4.78 is 0. The van der Waals surface area contributed by atoms with Gasteiger partial charge in [-0.2, -0.15) is 0 Å². The van der Waals surface area contributed by atoms with Gasteiger partial charge in [-0.1, -0.05) is 23.4 Å². The van der Waals surface area contributed by atoms with Crippen molar-refractivity contribution in [3.63, 3.8) is 0 Å². The molecule has 0 aliphatic rings. The molecule has 14 heavy (non-hydrogen) atoms. The molecule has 0 saturated carbocycles. The van der Waals surface area contributed by atoms with Crippen molar-refractivity contribution in [1.29, 1.82) is 0 Å². The van der Waals surface area contributed by atoms with Gasteiger partial charge < -0.3 is 10.4 Å². The monoisotopic (exact) mass is 209 g/mol. The molecule has 0 atom stereocenters. The molecule has 0 aliphatic carbocycles. The van der Waals surface area contributed by atoms with Gasteiger partial charge in [-0.25, -0.2) is 0 Å². The second-order valence-electron chi connectivity index (χ2n) is 2.82. The minimum absolute atomic E-state index is 0.134. The lowest BCUT2D eigenvalue weighted by Crippen LogP contribution is -2.05. The van der Waals surface area contributed by atoms with Gasteiger partial charge in [-0.3, -0.25) is 0 Å². The van der Waals surface area contributed by atoms with Gasteiger partial charge in [-0.05, 0) is 25.2 Å². The highest BCUT2D eigenvalue weighted by Gasteiger charge is 1.97. The smallest absolute Gasteiger partial charge is 0.132 e. The molecule has 0 aromatic heterocycles. The van der Waals surface area contributed by atoms with Crippen LogP contribution < -0.4 is 5.32 Å². The van der Waals surface area contributed by atoms with Crippen molar-refractivity contribution >= 4 is 11.6 Å². The molecule has 2 nitrogen and oxygen atoms in total. The molecule has 0 unspecified atom stereocenters. The Bertz CT molecular complexity index is 365. The molecule has 1 aromatic rings. The summed E-state index contributed by atoms with van der Waals surface area (Å²) in [6.45, 7) is 0.849. The van der Waals surface area contributed by atoms with Crippen LogP contribution in [0.4, 0.5) is 0 Å². The maximum atomic E-state index is 9.45. The summed E-state index contributed by atoms with van der Waals surface area (Å²) in [6, 6.07) is 4.91. The number of nitrogens with one attached hydrogen (secondary N) is 1. The summed E-state index contributed by atoms with van der Waals surface area (Å²) in [7, 11) is 1.88. The van der Waals surface area contributed by atoms with Crippen LogP contribution in [0.25, 0.3) is 0 Å². The van der Waals surface area contributed by atoms with Crippen molar-refractivity contribution in [2.45, 2.75) is 6.42 Å². The average molecular weight is 210 g/mol. The lowest BCUT2D eigenvalue weighted by molar-refractivity contribution is 0.474. The fourth-order valence-corrected chi connectivity index (χ4v) is 1.12. The fraction of sp³-hybridized carbons (Fsp3) is 0.273. The van der Waals surface area contributed by atoms with Crippen molar-refractivity contribution in [3.8, 4) is 17.6 Å². The number of hydrogen-bond acceptors (Lipinski definition) is 2. The number of benzene rings is 1. The van der Waals surface area contributed by atoms with Crippen molar-refractivity contribution in [2.75, 3.05) is 13.6 Å². The summed E-state index contributed by atoms with van der Waals surface area (Å²) in [5.74, 6) is 5.96. The summed E-state index contributed by atoms with van der Waals surface area (Å²) in [4.78, 5) is 0. The van der Waals surface area contributed by atoms with E-state index in [0.717, 1.165) is 13.0 Å². The van der Waals surface area contributed by atoms with Gasteiger partial charge in [-0.15, -0.1) is 0 Å². The number of phenols is 1. The van der Waals surface area contributed by atoms with Crippen LogP contribution in [0.15, 0.2) is 18.2 Å². The molecule has 1 rings (SSSR count). The van der Waals surface area contributed by atoms with Crippen molar-refractivity contribution in [1.82, 2.24) is 5.32 Å². The van der Waals surface area contributed by atoms with Crippen LogP contribution in [0.3, 0.4) is 0 Å². The van der Waals surface area contributed by atoms with E-state index in [-0.39, 0.29) is 5.75 Å². The molecule has 0 heterocycles. The Hall–Kier alpha value is -1.17. The summed E-state index contributed by atoms with van der Waals surface area (Å²) in [5.41, 5.74) is 0.616. The van der Waals surface area contributed by atoms with Gasteiger partial charge in [0.2, 0.25) is 0 Å². The van der Waals surface area contributed by atoms with Crippen LogP contribution in [0.2, 0.25) is 5.02 Å². The maximum absolute atomic E-state index is 9.45. The van der Waals surface area contributed by atoms with E-state index in [2.05, 4.69) is 17.2 Å². The Balaban J connectivity index is 2.70. The van der Waals surface area contributed by atoms with Gasteiger partial charge in [0.15, 0.2) is 0 Å². The predicted molar refractivity (Wildman–Crippen MR) is 58.5 cm³/mol. The number of halogens is 1. The standard InChI is InChI=1S/C11H12ClNO/c1-13-7-3-2-4-9-5-6-10(12)8-11(9)14/h5-6,8,13-14H,3,7H2,1H3. The van der Waals surface area contributed by atoms with Gasteiger partial charge in [0.1, 0.15) is 5.75 Å². The van der Waals surface area contributed by atoms with Gasteiger partial charge >= 0.3 is 0 Å². The van der Waals surface area contributed by atoms with Gasteiger partial charge in [0, 0.05) is 18.0 Å². The van der Waals surface area contributed by atoms with E-state index in [1.54, 1.807) is 12.1 Å². The number of hydrogen-bond donors (Lipinski definition) is 2. The van der Waals surface area contributed by atoms with E-state index in [1.165, 1.54) is 6.07 Å². The molecule has 0 fully saturated rings. The van der Waals surface area contributed by atoms with Crippen molar-refractivity contribution in [3.05, 3.63) is 28.8 Å². The van der Waals surface area contributed by atoms with Crippen LogP contribution >= 0.6 is 11.6 Å². The van der Waals surface area contributed by atoms with Crippen LogP contribution in [-0.4, -0.2) is 18.7 Å². The van der Waals surface area contributed by atoms with Gasteiger partial charge in [0.25, 0.3) is 0 Å². The zero-order chi connectivity index (χ0) is 10.4. The topological polar surface area (TPSA) is 32.3 Å². The van der Waals surface area contributed by atoms with E-state index in [0.29, 0.717) is 10.6 Å². The largest absolute Gasteiger partial charge is 0.507 e. The first-order valence-electron chi connectivity index (χ1n) is 4.36. The van der Waals surface area contributed by atoms with Crippen LogP contribution in [0.5, 0.6) is 5.75 Å². The molecule has 0 spiro atoms. The normalized spacial score (nSPS) is 9.29. The number of rotatable bonds is 2. The first-order valence-corrected chi connectivity index (χ1v) is 4.74. The zero-order valence-electron chi connectivity index (χ0n) is 7.97. The molecular weight excluding hydrogens is 198 g/mol. The quantitative estimate of drug-likeness (QED) is 0.577. The van der Waals surface area contributed by atoms with Crippen LogP contribution in [0.1, 0.15) is 12.0 Å². The van der Waals surface area contributed by atoms with Gasteiger partial charge in [0.05, 0.1) is 5.56 Å². The van der Waals surface area contributed by atoms with E-state index in [4.69, 9.17) is 11.6 Å². The number of phenolic OH excluding ortho intramolecular Hbond substituents is 1. The Morgan fingerprint density at radius 1 is 1.50 bits per heavy atom. The molecule has 0 amide bonds. The highest BCUT2D eigenvalue weighted by Crippen LogP contribution is 2.20. The van der Waals surface area contributed by atoms with E-state index in [1.807, 2.05) is 7.05 Å². The molecule has 0 aliphatic heterocycles. The zero-order valence-corrected chi connectivity index (χ0v) is 8.73. The Kier molecular flexibility index (Phi) is 4.31. The van der Waals surface area contributed by atoms with Crippen molar-refractivity contribution < 1.29 is 5.11 Å². The molecule has 74 valence electrons. The molecule has 0 saturated heterocycles. The second kappa shape index (κ2) is 5.54. The van der Waals surface area contributed by atoms with E-state index < -0.39 is 0 Å². The summed E-state index contributed by atoms with van der Waals surface area (Å²) in [5, 5.41) is 13.0. The third kappa shape index (κ3) is 3.29. The average Bonchev–Trinajstić information content (AvgIpc) is 2.15. The lowest BCUT2D eigenvalue weighted by atomic mass is 10.2. The first kappa shape index (κ1) is 10.9. The van der Waals surface area contributed by atoms with Crippen LogP contribution in [-0.2, 0) is 0 Å². The molecule has 1 aromatic carbocycles. The minimum Gasteiger partial charge on any atom is -0.507 e. The third-order valence-corrected chi connectivity index (χ3v) is 1.92. The lowest BCUT2D eigenvalue weighted by Gasteiger charge is -1.96. The summed E-state index contributed by atoms with van der Waals surface area (Å²) in [6.07, 6.45) is 0.762.